The number of halogens is 1. The van der Waals surface area contributed by atoms with Gasteiger partial charge in [-0.05, 0) is 12.8 Å². The van der Waals surface area contributed by atoms with Gasteiger partial charge in [0.2, 0.25) is 0 Å². The Morgan fingerprint density at radius 2 is 2.11 bits per heavy atom. The van der Waals surface area contributed by atoms with Gasteiger partial charge in [-0.3, -0.25) is 4.68 Å². The van der Waals surface area contributed by atoms with Gasteiger partial charge >= 0.3 is 0 Å². The van der Waals surface area contributed by atoms with Crippen LogP contribution in [0.4, 0.5) is 0 Å². The minimum absolute atomic E-state index is 0.535. The summed E-state index contributed by atoms with van der Waals surface area (Å²) in [7, 11) is 1.86. The Bertz CT molecular complexity index is 521. The van der Waals surface area contributed by atoms with Gasteiger partial charge in [-0.2, -0.15) is 10.2 Å². The van der Waals surface area contributed by atoms with Gasteiger partial charge in [0.25, 0.3) is 0 Å². The maximum absolute atomic E-state index is 6.16. The number of nitrogens with zero attached hydrogens (tertiary/aromatic N) is 5. The van der Waals surface area contributed by atoms with Crippen LogP contribution in [-0.2, 0) is 20.0 Å². The lowest BCUT2D eigenvalue weighted by Crippen LogP contribution is -2.04. The van der Waals surface area contributed by atoms with Crippen LogP contribution in [0.5, 0.6) is 0 Å². The first kappa shape index (κ1) is 13.1. The monoisotopic (exact) mass is 267 g/mol. The van der Waals surface area contributed by atoms with Gasteiger partial charge in [-0.15, -0.1) is 0 Å². The molecule has 0 atom stereocenters. The number of hydrogen-bond donors (Lipinski definition) is 0. The first-order valence-corrected chi connectivity index (χ1v) is 6.52. The molecule has 2 aromatic heterocycles. The SMILES string of the molecule is CCn1nc(CC(C)C)nc1-c1c(Cl)cnn1C. The minimum atomic E-state index is 0.535. The fourth-order valence-corrected chi connectivity index (χ4v) is 2.15. The molecule has 2 rings (SSSR count). The van der Waals surface area contributed by atoms with E-state index in [1.165, 1.54) is 0 Å². The molecule has 0 aliphatic rings. The fraction of sp³-hybridized carbons (Fsp3) is 0.583. The highest BCUT2D eigenvalue weighted by Crippen LogP contribution is 2.25. The molecule has 0 bridgehead atoms. The molecule has 0 amide bonds. The van der Waals surface area contributed by atoms with Crippen molar-refractivity contribution >= 4 is 11.6 Å². The maximum atomic E-state index is 6.16. The van der Waals surface area contributed by atoms with E-state index in [1.54, 1.807) is 10.9 Å². The molecule has 0 saturated carbocycles. The number of hydrogen-bond acceptors (Lipinski definition) is 3. The van der Waals surface area contributed by atoms with Crippen molar-refractivity contribution in [3.63, 3.8) is 0 Å². The summed E-state index contributed by atoms with van der Waals surface area (Å²) >= 11 is 6.16. The van der Waals surface area contributed by atoms with Crippen molar-refractivity contribution in [2.24, 2.45) is 13.0 Å². The first-order valence-electron chi connectivity index (χ1n) is 6.14. The molecule has 0 saturated heterocycles. The van der Waals surface area contributed by atoms with Crippen molar-refractivity contribution in [1.29, 1.82) is 0 Å². The Morgan fingerprint density at radius 3 is 2.61 bits per heavy atom. The van der Waals surface area contributed by atoms with Gasteiger partial charge in [-0.25, -0.2) is 9.67 Å². The summed E-state index contributed by atoms with van der Waals surface area (Å²) in [5.74, 6) is 2.19. The standard InChI is InChI=1S/C12H18ClN5/c1-5-18-12(11-9(13)7-14-17(11)4)15-10(16-18)6-8(2)3/h7-8H,5-6H2,1-4H3. The number of rotatable bonds is 4. The average Bonchev–Trinajstić information content (AvgIpc) is 2.82. The van der Waals surface area contributed by atoms with E-state index in [2.05, 4.69) is 29.0 Å². The fourth-order valence-electron chi connectivity index (χ4n) is 1.90. The third-order valence-electron chi connectivity index (χ3n) is 2.71. The third-order valence-corrected chi connectivity index (χ3v) is 2.99. The molecule has 5 nitrogen and oxygen atoms in total. The average molecular weight is 268 g/mol. The molecule has 0 fully saturated rings. The van der Waals surface area contributed by atoms with Crippen LogP contribution in [0, 0.1) is 5.92 Å². The van der Waals surface area contributed by atoms with E-state index in [-0.39, 0.29) is 0 Å². The highest BCUT2D eigenvalue weighted by molar-refractivity contribution is 6.32. The van der Waals surface area contributed by atoms with Gasteiger partial charge in [0.1, 0.15) is 5.69 Å². The molecular weight excluding hydrogens is 250 g/mol. The number of aromatic nitrogens is 5. The Kier molecular flexibility index (Phi) is 3.71. The van der Waals surface area contributed by atoms with E-state index in [0.717, 1.165) is 30.3 Å². The molecule has 2 aromatic rings. The summed E-state index contributed by atoms with van der Waals surface area (Å²) in [6.45, 7) is 7.12. The van der Waals surface area contributed by atoms with Crippen molar-refractivity contribution in [1.82, 2.24) is 24.5 Å². The molecule has 18 heavy (non-hydrogen) atoms. The van der Waals surface area contributed by atoms with Gasteiger partial charge in [0.05, 0.1) is 11.2 Å². The summed E-state index contributed by atoms with van der Waals surface area (Å²) in [5.41, 5.74) is 0.820. The highest BCUT2D eigenvalue weighted by Gasteiger charge is 2.18. The van der Waals surface area contributed by atoms with E-state index < -0.39 is 0 Å². The smallest absolute Gasteiger partial charge is 0.178 e. The zero-order valence-electron chi connectivity index (χ0n) is 11.2. The van der Waals surface area contributed by atoms with Gasteiger partial charge < -0.3 is 0 Å². The third kappa shape index (κ3) is 2.41. The molecule has 98 valence electrons. The van der Waals surface area contributed by atoms with Crippen LogP contribution in [0.25, 0.3) is 11.5 Å². The van der Waals surface area contributed by atoms with Crippen LogP contribution in [0.3, 0.4) is 0 Å². The molecule has 0 aliphatic carbocycles. The van der Waals surface area contributed by atoms with Crippen LogP contribution in [-0.4, -0.2) is 24.5 Å². The molecule has 0 N–H and O–H groups in total. The normalized spacial score (nSPS) is 11.4. The summed E-state index contributed by atoms with van der Waals surface area (Å²) in [6.07, 6.45) is 2.50. The minimum Gasteiger partial charge on any atom is -0.263 e. The summed E-state index contributed by atoms with van der Waals surface area (Å²) < 4.78 is 3.61. The topological polar surface area (TPSA) is 48.5 Å². The largest absolute Gasteiger partial charge is 0.263 e. The van der Waals surface area contributed by atoms with Gasteiger partial charge in [0.15, 0.2) is 11.6 Å². The lowest BCUT2D eigenvalue weighted by atomic mass is 10.1. The van der Waals surface area contributed by atoms with Gasteiger partial charge in [0, 0.05) is 20.0 Å². The Morgan fingerprint density at radius 1 is 1.39 bits per heavy atom. The van der Waals surface area contributed by atoms with Crippen molar-refractivity contribution in [3.05, 3.63) is 17.0 Å². The summed E-state index contributed by atoms with van der Waals surface area (Å²) in [4.78, 5) is 4.59. The van der Waals surface area contributed by atoms with Crippen molar-refractivity contribution in [3.8, 4) is 11.5 Å². The Balaban J connectivity index is 2.47. The lowest BCUT2D eigenvalue weighted by molar-refractivity contribution is 0.597. The van der Waals surface area contributed by atoms with Crippen molar-refractivity contribution in [2.45, 2.75) is 33.7 Å². The summed E-state index contributed by atoms with van der Waals surface area (Å²) in [5, 5.41) is 9.26. The molecule has 0 aliphatic heterocycles. The van der Waals surface area contributed by atoms with Crippen LogP contribution >= 0.6 is 11.6 Å². The summed E-state index contributed by atoms with van der Waals surface area (Å²) in [6, 6.07) is 0. The Labute approximate surface area is 112 Å². The zero-order valence-corrected chi connectivity index (χ0v) is 11.9. The van der Waals surface area contributed by atoms with E-state index >= 15 is 0 Å². The second-order valence-corrected chi connectivity index (χ2v) is 5.14. The predicted molar refractivity (Wildman–Crippen MR) is 71.5 cm³/mol. The lowest BCUT2D eigenvalue weighted by Gasteiger charge is -2.03. The van der Waals surface area contributed by atoms with Gasteiger partial charge in [-0.1, -0.05) is 25.4 Å². The molecule has 6 heteroatoms. The van der Waals surface area contributed by atoms with Crippen molar-refractivity contribution in [2.75, 3.05) is 0 Å². The second kappa shape index (κ2) is 5.10. The highest BCUT2D eigenvalue weighted by atomic mass is 35.5. The van der Waals surface area contributed by atoms with Crippen LogP contribution in [0.2, 0.25) is 5.02 Å². The van der Waals surface area contributed by atoms with E-state index in [0.29, 0.717) is 10.9 Å². The predicted octanol–water partition coefficient (Wildman–Crippen LogP) is 2.55. The van der Waals surface area contributed by atoms with E-state index in [4.69, 9.17) is 11.6 Å². The number of aryl methyl sites for hydroxylation is 2. The molecular formula is C12H18ClN5. The van der Waals surface area contributed by atoms with E-state index in [9.17, 15) is 0 Å². The molecule has 0 radical (unpaired) electrons. The zero-order chi connectivity index (χ0) is 13.3. The maximum Gasteiger partial charge on any atom is 0.178 e. The quantitative estimate of drug-likeness (QED) is 0.855. The van der Waals surface area contributed by atoms with Crippen LogP contribution < -0.4 is 0 Å². The second-order valence-electron chi connectivity index (χ2n) is 4.73. The molecule has 0 aromatic carbocycles. The first-order chi connectivity index (χ1) is 8.52. The van der Waals surface area contributed by atoms with Crippen LogP contribution in [0.15, 0.2) is 6.20 Å². The van der Waals surface area contributed by atoms with Crippen LogP contribution in [0.1, 0.15) is 26.6 Å². The van der Waals surface area contributed by atoms with Crippen molar-refractivity contribution < 1.29 is 0 Å². The molecule has 2 heterocycles. The Hall–Kier alpha value is -1.36. The molecule has 0 unspecified atom stereocenters. The molecule has 0 spiro atoms. The van der Waals surface area contributed by atoms with E-state index in [1.807, 2.05) is 18.7 Å².